The van der Waals surface area contributed by atoms with E-state index in [0.717, 1.165) is 56.6 Å². The molecule has 1 aromatic carbocycles. The molecule has 0 saturated carbocycles. The maximum absolute atomic E-state index is 13.1. The zero-order chi connectivity index (χ0) is 20.1. The third kappa shape index (κ3) is 5.06. The van der Waals surface area contributed by atoms with E-state index in [-0.39, 0.29) is 23.9 Å². The largest absolute Gasteiger partial charge is 0.350 e. The molecule has 2 saturated heterocycles. The lowest BCUT2D eigenvalue weighted by Gasteiger charge is -2.37. The summed E-state index contributed by atoms with van der Waals surface area (Å²) in [4.78, 5) is 30.9. The van der Waals surface area contributed by atoms with Gasteiger partial charge in [-0.2, -0.15) is 0 Å². The number of carbonyl (C=O) groups is 2. The van der Waals surface area contributed by atoms with Crippen LogP contribution in [0.4, 0.5) is 0 Å². The summed E-state index contributed by atoms with van der Waals surface area (Å²) in [5.74, 6) is 0.00960. The highest BCUT2D eigenvalue weighted by Gasteiger charge is 2.34. The SMILES string of the molecule is O=C(NC1CCCN(Cc2ccccc2)C1)C1CCCCN1C(=O)c1cccs1. The summed E-state index contributed by atoms with van der Waals surface area (Å²) in [6, 6.07) is 14.0. The normalized spacial score (nSPS) is 23.0. The van der Waals surface area contributed by atoms with Gasteiger partial charge in [0.1, 0.15) is 6.04 Å². The second-order valence-corrected chi connectivity index (χ2v) is 9.00. The Kier molecular flexibility index (Phi) is 6.62. The highest BCUT2D eigenvalue weighted by atomic mass is 32.1. The maximum atomic E-state index is 13.1. The van der Waals surface area contributed by atoms with Crippen molar-refractivity contribution in [3.05, 3.63) is 58.3 Å². The van der Waals surface area contributed by atoms with Gasteiger partial charge in [0.2, 0.25) is 5.91 Å². The molecule has 2 unspecified atom stereocenters. The zero-order valence-corrected chi connectivity index (χ0v) is 17.6. The fourth-order valence-corrected chi connectivity index (χ4v) is 5.12. The Morgan fingerprint density at radius 2 is 1.86 bits per heavy atom. The number of benzene rings is 1. The van der Waals surface area contributed by atoms with Crippen molar-refractivity contribution in [1.82, 2.24) is 15.1 Å². The molecule has 6 heteroatoms. The summed E-state index contributed by atoms with van der Waals surface area (Å²) < 4.78 is 0. The molecule has 154 valence electrons. The van der Waals surface area contributed by atoms with Crippen LogP contribution in [-0.2, 0) is 11.3 Å². The number of thiophene rings is 1. The van der Waals surface area contributed by atoms with Crippen LogP contribution in [0.1, 0.15) is 47.3 Å². The van der Waals surface area contributed by atoms with Gasteiger partial charge in [-0.3, -0.25) is 14.5 Å². The smallest absolute Gasteiger partial charge is 0.264 e. The van der Waals surface area contributed by atoms with Crippen molar-refractivity contribution in [2.24, 2.45) is 0 Å². The molecule has 3 heterocycles. The molecule has 2 amide bonds. The van der Waals surface area contributed by atoms with Crippen LogP contribution >= 0.6 is 11.3 Å². The highest BCUT2D eigenvalue weighted by Crippen LogP contribution is 2.23. The van der Waals surface area contributed by atoms with Crippen LogP contribution in [0.2, 0.25) is 0 Å². The maximum Gasteiger partial charge on any atom is 0.264 e. The van der Waals surface area contributed by atoms with Crippen molar-refractivity contribution in [2.45, 2.75) is 50.7 Å². The summed E-state index contributed by atoms with van der Waals surface area (Å²) >= 11 is 1.45. The first-order valence-electron chi connectivity index (χ1n) is 10.6. The number of piperidine rings is 2. The van der Waals surface area contributed by atoms with Crippen LogP contribution in [0.3, 0.4) is 0 Å². The molecule has 0 radical (unpaired) electrons. The number of rotatable bonds is 5. The first-order valence-corrected chi connectivity index (χ1v) is 11.5. The fourth-order valence-electron chi connectivity index (χ4n) is 4.44. The number of nitrogens with one attached hydrogen (secondary N) is 1. The van der Waals surface area contributed by atoms with Crippen LogP contribution < -0.4 is 5.32 Å². The average Bonchev–Trinajstić information content (AvgIpc) is 3.29. The van der Waals surface area contributed by atoms with Gasteiger partial charge in [0.15, 0.2) is 0 Å². The molecule has 5 nitrogen and oxygen atoms in total. The molecular weight excluding hydrogens is 382 g/mol. The van der Waals surface area contributed by atoms with E-state index >= 15 is 0 Å². The van der Waals surface area contributed by atoms with E-state index in [2.05, 4.69) is 34.5 Å². The molecule has 0 aliphatic carbocycles. The Morgan fingerprint density at radius 1 is 1.00 bits per heavy atom. The van der Waals surface area contributed by atoms with Gasteiger partial charge in [0.25, 0.3) is 5.91 Å². The molecule has 29 heavy (non-hydrogen) atoms. The first kappa shape index (κ1) is 20.1. The molecule has 2 atom stereocenters. The summed E-state index contributed by atoms with van der Waals surface area (Å²) in [5.41, 5.74) is 1.31. The van der Waals surface area contributed by atoms with Crippen LogP contribution in [0.5, 0.6) is 0 Å². The standard InChI is InChI=1S/C23H29N3O2S/c27-22(20-11-4-5-14-26(20)23(28)21-12-7-15-29-21)24-19-10-6-13-25(17-19)16-18-8-2-1-3-9-18/h1-3,7-9,12,15,19-20H,4-6,10-11,13-14,16-17H2,(H,24,27). The predicted molar refractivity (Wildman–Crippen MR) is 116 cm³/mol. The molecular formula is C23H29N3O2S. The minimum absolute atomic E-state index is 0.00537. The Morgan fingerprint density at radius 3 is 2.66 bits per heavy atom. The van der Waals surface area contributed by atoms with Crippen molar-refractivity contribution in [1.29, 1.82) is 0 Å². The number of hydrogen-bond acceptors (Lipinski definition) is 4. The minimum Gasteiger partial charge on any atom is -0.350 e. The van der Waals surface area contributed by atoms with Gasteiger partial charge >= 0.3 is 0 Å². The molecule has 4 rings (SSSR count). The molecule has 0 bridgehead atoms. The molecule has 2 aliphatic heterocycles. The van der Waals surface area contributed by atoms with Gasteiger partial charge in [-0.15, -0.1) is 11.3 Å². The first-order chi connectivity index (χ1) is 14.2. The van der Waals surface area contributed by atoms with E-state index in [9.17, 15) is 9.59 Å². The van der Waals surface area contributed by atoms with Gasteiger partial charge in [-0.25, -0.2) is 0 Å². The predicted octanol–water partition coefficient (Wildman–Crippen LogP) is 3.52. The third-order valence-electron chi connectivity index (χ3n) is 5.90. The number of carbonyl (C=O) groups excluding carboxylic acids is 2. The Balaban J connectivity index is 1.36. The summed E-state index contributed by atoms with van der Waals surface area (Å²) in [7, 11) is 0. The molecule has 1 aromatic heterocycles. The van der Waals surface area contributed by atoms with Crippen molar-refractivity contribution >= 4 is 23.2 Å². The van der Waals surface area contributed by atoms with E-state index in [0.29, 0.717) is 6.54 Å². The molecule has 2 fully saturated rings. The number of likely N-dealkylation sites (tertiary alicyclic amines) is 2. The van der Waals surface area contributed by atoms with E-state index in [1.807, 2.05) is 23.6 Å². The second kappa shape index (κ2) is 9.55. The fraction of sp³-hybridized carbons (Fsp3) is 0.478. The minimum atomic E-state index is -0.345. The quantitative estimate of drug-likeness (QED) is 0.819. The van der Waals surface area contributed by atoms with Crippen LogP contribution in [0.25, 0.3) is 0 Å². The van der Waals surface area contributed by atoms with E-state index in [1.54, 1.807) is 4.90 Å². The van der Waals surface area contributed by atoms with Gasteiger partial charge in [0.05, 0.1) is 4.88 Å². The average molecular weight is 412 g/mol. The lowest BCUT2D eigenvalue weighted by atomic mass is 9.99. The summed E-state index contributed by atoms with van der Waals surface area (Å²) in [6.45, 7) is 3.51. The van der Waals surface area contributed by atoms with E-state index < -0.39 is 0 Å². The number of nitrogens with zero attached hydrogens (tertiary/aromatic N) is 2. The summed E-state index contributed by atoms with van der Waals surface area (Å²) in [5, 5.41) is 5.18. The number of amides is 2. The third-order valence-corrected chi connectivity index (χ3v) is 6.76. The molecule has 2 aliphatic rings. The second-order valence-electron chi connectivity index (χ2n) is 8.06. The monoisotopic (exact) mass is 411 g/mol. The Bertz CT molecular complexity index is 809. The Labute approximate surface area is 176 Å². The number of hydrogen-bond donors (Lipinski definition) is 1. The van der Waals surface area contributed by atoms with Crippen LogP contribution in [0, 0.1) is 0 Å². The van der Waals surface area contributed by atoms with Crippen molar-refractivity contribution in [3.63, 3.8) is 0 Å². The highest BCUT2D eigenvalue weighted by molar-refractivity contribution is 7.12. The molecule has 2 aromatic rings. The molecule has 1 N–H and O–H groups in total. The van der Waals surface area contributed by atoms with Crippen molar-refractivity contribution in [3.8, 4) is 0 Å². The van der Waals surface area contributed by atoms with Crippen LogP contribution in [-0.4, -0.2) is 53.3 Å². The van der Waals surface area contributed by atoms with Gasteiger partial charge in [-0.1, -0.05) is 36.4 Å². The van der Waals surface area contributed by atoms with E-state index in [4.69, 9.17) is 0 Å². The lowest BCUT2D eigenvalue weighted by Crippen LogP contribution is -2.56. The van der Waals surface area contributed by atoms with Gasteiger partial charge < -0.3 is 10.2 Å². The lowest BCUT2D eigenvalue weighted by molar-refractivity contribution is -0.127. The summed E-state index contributed by atoms with van der Waals surface area (Å²) in [6.07, 6.45) is 4.80. The van der Waals surface area contributed by atoms with Gasteiger partial charge in [-0.05, 0) is 55.7 Å². The molecule has 0 spiro atoms. The Hall–Kier alpha value is -2.18. The van der Waals surface area contributed by atoms with Crippen molar-refractivity contribution < 1.29 is 9.59 Å². The van der Waals surface area contributed by atoms with Crippen molar-refractivity contribution in [2.75, 3.05) is 19.6 Å². The zero-order valence-electron chi connectivity index (χ0n) is 16.8. The van der Waals surface area contributed by atoms with E-state index in [1.165, 1.54) is 16.9 Å². The van der Waals surface area contributed by atoms with Gasteiger partial charge in [0, 0.05) is 25.7 Å². The van der Waals surface area contributed by atoms with Crippen LogP contribution in [0.15, 0.2) is 47.8 Å². The topological polar surface area (TPSA) is 52.7 Å².